The molecule has 0 radical (unpaired) electrons. The van der Waals surface area contributed by atoms with Gasteiger partial charge in [0.25, 0.3) is 0 Å². The van der Waals surface area contributed by atoms with E-state index >= 15 is 0 Å². The number of fused-ring (bicyclic) bond motifs is 5. The Bertz CT molecular complexity index is 1170. The van der Waals surface area contributed by atoms with Gasteiger partial charge in [0.15, 0.2) is 5.79 Å². The molecular formula is C37H53NO4. The van der Waals surface area contributed by atoms with E-state index in [0.29, 0.717) is 55.4 Å². The molecule has 1 N–H and O–H groups in total. The van der Waals surface area contributed by atoms with E-state index in [0.717, 1.165) is 63.5 Å². The third-order valence-electron chi connectivity index (χ3n) is 12.9. The number of carbonyl (C=O) groups excluding carboxylic acids is 1. The first kappa shape index (κ1) is 29.0. The fourth-order valence-corrected chi connectivity index (χ4v) is 10.6. The van der Waals surface area contributed by atoms with Gasteiger partial charge in [0, 0.05) is 30.3 Å². The molecule has 1 spiro atoms. The summed E-state index contributed by atoms with van der Waals surface area (Å²) in [6, 6.07) is 9.75. The molecule has 1 aliphatic heterocycles. The van der Waals surface area contributed by atoms with Gasteiger partial charge in [0.1, 0.15) is 11.5 Å². The predicted molar refractivity (Wildman–Crippen MR) is 165 cm³/mol. The summed E-state index contributed by atoms with van der Waals surface area (Å²) in [6.07, 6.45) is 19.5. The highest BCUT2D eigenvalue weighted by atomic mass is 16.7. The molecule has 5 nitrogen and oxygen atoms in total. The molecule has 1 aromatic carbocycles. The maximum absolute atomic E-state index is 13.6. The van der Waals surface area contributed by atoms with Gasteiger partial charge in [-0.2, -0.15) is 0 Å². The van der Waals surface area contributed by atoms with Crippen molar-refractivity contribution in [3.8, 4) is 5.75 Å². The van der Waals surface area contributed by atoms with Gasteiger partial charge in [-0.25, -0.2) is 0 Å². The van der Waals surface area contributed by atoms with E-state index in [2.05, 4.69) is 49.5 Å². The molecule has 6 aliphatic rings. The lowest BCUT2D eigenvalue weighted by atomic mass is 9.46. The summed E-state index contributed by atoms with van der Waals surface area (Å²) in [6.45, 7) is 6.85. The number of ketones is 1. The lowest BCUT2D eigenvalue weighted by Crippen LogP contribution is -2.53. The van der Waals surface area contributed by atoms with Crippen LogP contribution in [0, 0.1) is 28.6 Å². The van der Waals surface area contributed by atoms with Crippen LogP contribution in [-0.2, 0) is 14.3 Å². The van der Waals surface area contributed by atoms with E-state index < -0.39 is 5.79 Å². The van der Waals surface area contributed by atoms with Crippen LogP contribution in [0.15, 0.2) is 35.9 Å². The Labute approximate surface area is 253 Å². The van der Waals surface area contributed by atoms with Crippen LogP contribution in [0.3, 0.4) is 0 Å². The average Bonchev–Trinajstić information content (AvgIpc) is 3.61. The van der Waals surface area contributed by atoms with Gasteiger partial charge in [0.2, 0.25) is 0 Å². The molecule has 5 aliphatic carbocycles. The van der Waals surface area contributed by atoms with E-state index in [1.165, 1.54) is 44.1 Å². The first-order chi connectivity index (χ1) is 20.4. The lowest BCUT2D eigenvalue weighted by molar-refractivity contribution is -0.148. The standard InChI is InChI=1S/C37H53NO4/c1-3-33(38-28-9-5-4-6-10-28)26-8-7-11-29(24-26)40-21-20-36-17-16-31-30(32(36)14-15-34(36)39)13-12-27-25-37(41-22-23-42-37)19-18-35(27,31)2/h7-8,11,24-25,28,30-33,38H,3-6,9-10,12-23H2,1-2H3/t30?,31?,32?,33?,35-,36+/m0/s1. The summed E-state index contributed by atoms with van der Waals surface area (Å²) >= 11 is 0. The van der Waals surface area contributed by atoms with Gasteiger partial charge in [-0.3, -0.25) is 4.79 Å². The van der Waals surface area contributed by atoms with Gasteiger partial charge in [-0.05, 0) is 111 Å². The molecule has 0 bridgehead atoms. The average molecular weight is 576 g/mol. The smallest absolute Gasteiger partial charge is 0.188 e. The molecule has 4 unspecified atom stereocenters. The second-order valence-electron chi connectivity index (χ2n) is 14.8. The van der Waals surface area contributed by atoms with Crippen LogP contribution in [0.2, 0.25) is 0 Å². The molecule has 7 rings (SSSR count). The quantitative estimate of drug-likeness (QED) is 0.318. The van der Waals surface area contributed by atoms with Gasteiger partial charge in [-0.15, -0.1) is 0 Å². The Morgan fingerprint density at radius 2 is 1.81 bits per heavy atom. The van der Waals surface area contributed by atoms with E-state index in [1.807, 2.05) is 0 Å². The molecule has 1 aromatic rings. The van der Waals surface area contributed by atoms with Crippen LogP contribution in [0.4, 0.5) is 0 Å². The van der Waals surface area contributed by atoms with Crippen LogP contribution in [0.1, 0.15) is 122 Å². The van der Waals surface area contributed by atoms with Crippen molar-refractivity contribution < 1.29 is 19.0 Å². The minimum atomic E-state index is -0.457. The number of ether oxygens (including phenoxy) is 3. The van der Waals surface area contributed by atoms with E-state index in [9.17, 15) is 4.79 Å². The number of Topliss-reactive ketones (excluding diaryl/α,β-unsaturated/α-hetero) is 1. The molecule has 5 heteroatoms. The molecule has 230 valence electrons. The molecule has 6 atom stereocenters. The van der Waals surface area contributed by atoms with Crippen molar-refractivity contribution in [2.24, 2.45) is 28.6 Å². The zero-order valence-electron chi connectivity index (χ0n) is 26.1. The van der Waals surface area contributed by atoms with Crippen LogP contribution >= 0.6 is 0 Å². The van der Waals surface area contributed by atoms with Crippen molar-refractivity contribution in [3.05, 3.63) is 41.5 Å². The maximum atomic E-state index is 13.6. The van der Waals surface area contributed by atoms with E-state index in [1.54, 1.807) is 5.57 Å². The van der Waals surface area contributed by atoms with Crippen molar-refractivity contribution in [3.63, 3.8) is 0 Å². The molecule has 42 heavy (non-hydrogen) atoms. The molecule has 0 aromatic heterocycles. The topological polar surface area (TPSA) is 56.8 Å². The molecule has 5 fully saturated rings. The van der Waals surface area contributed by atoms with Gasteiger partial charge < -0.3 is 19.5 Å². The van der Waals surface area contributed by atoms with Crippen LogP contribution in [0.25, 0.3) is 0 Å². The largest absolute Gasteiger partial charge is 0.494 e. The van der Waals surface area contributed by atoms with Crippen molar-refractivity contribution in [1.29, 1.82) is 0 Å². The summed E-state index contributed by atoms with van der Waals surface area (Å²) < 4.78 is 18.6. The zero-order valence-corrected chi connectivity index (χ0v) is 26.1. The normalized spacial score (nSPS) is 36.7. The van der Waals surface area contributed by atoms with E-state index in [-0.39, 0.29) is 10.8 Å². The summed E-state index contributed by atoms with van der Waals surface area (Å²) in [5.41, 5.74) is 2.94. The minimum absolute atomic E-state index is 0.182. The number of hydrogen-bond donors (Lipinski definition) is 1. The highest BCUT2D eigenvalue weighted by Gasteiger charge is 2.61. The van der Waals surface area contributed by atoms with Gasteiger partial charge in [0.05, 0.1) is 19.8 Å². The highest BCUT2D eigenvalue weighted by molar-refractivity contribution is 5.87. The number of nitrogens with one attached hydrogen (secondary N) is 1. The molecule has 1 heterocycles. The first-order valence-electron chi connectivity index (χ1n) is 17.5. The number of hydrogen-bond acceptors (Lipinski definition) is 5. The van der Waals surface area contributed by atoms with Crippen molar-refractivity contribution in [2.75, 3.05) is 19.8 Å². The second-order valence-corrected chi connectivity index (χ2v) is 14.8. The zero-order chi connectivity index (χ0) is 28.8. The summed E-state index contributed by atoms with van der Waals surface area (Å²) in [4.78, 5) is 13.6. The third-order valence-corrected chi connectivity index (χ3v) is 12.9. The van der Waals surface area contributed by atoms with Gasteiger partial charge in [-0.1, -0.05) is 50.8 Å². The monoisotopic (exact) mass is 575 g/mol. The Hall–Kier alpha value is -1.69. The number of allylic oxidation sites excluding steroid dienone is 1. The van der Waals surface area contributed by atoms with Crippen molar-refractivity contribution >= 4 is 5.78 Å². The van der Waals surface area contributed by atoms with Crippen molar-refractivity contribution in [2.45, 2.75) is 128 Å². The third kappa shape index (κ3) is 5.09. The summed E-state index contributed by atoms with van der Waals surface area (Å²) in [5, 5.41) is 3.94. The lowest BCUT2D eigenvalue weighted by Gasteiger charge is -2.58. The Morgan fingerprint density at radius 3 is 2.62 bits per heavy atom. The van der Waals surface area contributed by atoms with Gasteiger partial charge >= 0.3 is 0 Å². The maximum Gasteiger partial charge on any atom is 0.188 e. The molecule has 0 amide bonds. The minimum Gasteiger partial charge on any atom is -0.494 e. The highest BCUT2D eigenvalue weighted by Crippen LogP contribution is 2.66. The Balaban J connectivity index is 1.02. The number of carbonyl (C=O) groups is 1. The summed E-state index contributed by atoms with van der Waals surface area (Å²) in [7, 11) is 0. The Morgan fingerprint density at radius 1 is 0.976 bits per heavy atom. The summed E-state index contributed by atoms with van der Waals surface area (Å²) in [5.74, 6) is 2.84. The second kappa shape index (κ2) is 11.7. The first-order valence-corrected chi connectivity index (χ1v) is 17.5. The fourth-order valence-electron chi connectivity index (χ4n) is 10.6. The van der Waals surface area contributed by atoms with Crippen LogP contribution < -0.4 is 10.1 Å². The van der Waals surface area contributed by atoms with Crippen molar-refractivity contribution in [1.82, 2.24) is 5.32 Å². The van der Waals surface area contributed by atoms with Crippen LogP contribution in [-0.4, -0.2) is 37.4 Å². The molecular weight excluding hydrogens is 522 g/mol. The number of rotatable bonds is 8. The van der Waals surface area contributed by atoms with E-state index in [4.69, 9.17) is 14.2 Å². The molecule has 1 saturated heterocycles. The predicted octanol–water partition coefficient (Wildman–Crippen LogP) is 8.08. The molecule has 4 saturated carbocycles. The van der Waals surface area contributed by atoms with Crippen LogP contribution in [0.5, 0.6) is 5.75 Å². The fraction of sp³-hybridized carbons (Fsp3) is 0.757. The SMILES string of the molecule is CCC(NC1CCCCC1)c1cccc(OCC[C@]23CCC4C(CCC5=CC6(CC[C@@]54C)OCCO6)C2CCC3=O)c1. The number of benzene rings is 1. The Kier molecular flexibility index (Phi) is 8.07.